The summed E-state index contributed by atoms with van der Waals surface area (Å²) in [5, 5.41) is 16.2. The van der Waals surface area contributed by atoms with E-state index in [0.717, 1.165) is 5.56 Å². The summed E-state index contributed by atoms with van der Waals surface area (Å²) in [6.45, 7) is 0.127. The average Bonchev–Trinajstić information content (AvgIpc) is 2.42. The number of amidine groups is 1. The van der Waals surface area contributed by atoms with Crippen molar-refractivity contribution in [2.75, 3.05) is 6.61 Å². The second-order valence-electron chi connectivity index (χ2n) is 3.99. The lowest BCUT2D eigenvalue weighted by Crippen LogP contribution is -2.13. The van der Waals surface area contributed by atoms with Gasteiger partial charge in [0.15, 0.2) is 0 Å². The van der Waals surface area contributed by atoms with E-state index in [0.29, 0.717) is 23.7 Å². The topological polar surface area (TPSA) is 92.2 Å². The standard InChI is InChI=1S/C14H15N3O2/c15-14(16)12-2-1-3-13(17-12)19-11-6-4-10(5-7-11)8-9-18/h1-7,18H,8-9H2,(H3,15,16). The minimum atomic E-state index is -0.0938. The van der Waals surface area contributed by atoms with Crippen molar-refractivity contribution in [1.82, 2.24) is 4.98 Å². The van der Waals surface area contributed by atoms with Gasteiger partial charge in [0.1, 0.15) is 17.3 Å². The Balaban J connectivity index is 2.12. The summed E-state index contributed by atoms with van der Waals surface area (Å²) in [5.74, 6) is 0.946. The molecule has 2 aromatic rings. The lowest BCUT2D eigenvalue weighted by Gasteiger charge is -2.06. The van der Waals surface area contributed by atoms with Gasteiger partial charge >= 0.3 is 0 Å². The Labute approximate surface area is 111 Å². The first-order chi connectivity index (χ1) is 9.19. The van der Waals surface area contributed by atoms with Gasteiger partial charge in [0, 0.05) is 12.7 Å². The number of pyridine rings is 1. The molecule has 5 nitrogen and oxygen atoms in total. The van der Waals surface area contributed by atoms with Gasteiger partial charge in [0.2, 0.25) is 5.88 Å². The fraction of sp³-hybridized carbons (Fsp3) is 0.143. The van der Waals surface area contributed by atoms with Crippen LogP contribution in [0.2, 0.25) is 0 Å². The van der Waals surface area contributed by atoms with Crippen LogP contribution in [-0.2, 0) is 6.42 Å². The molecule has 0 bridgehead atoms. The summed E-state index contributed by atoms with van der Waals surface area (Å²) in [6.07, 6.45) is 0.623. The molecule has 98 valence electrons. The highest BCUT2D eigenvalue weighted by Crippen LogP contribution is 2.20. The van der Waals surface area contributed by atoms with Crippen molar-refractivity contribution in [2.45, 2.75) is 6.42 Å². The van der Waals surface area contributed by atoms with E-state index < -0.39 is 0 Å². The molecular formula is C14H15N3O2. The van der Waals surface area contributed by atoms with Crippen molar-refractivity contribution in [1.29, 1.82) is 5.41 Å². The maximum atomic E-state index is 8.83. The molecule has 4 N–H and O–H groups in total. The minimum Gasteiger partial charge on any atom is -0.439 e. The highest BCUT2D eigenvalue weighted by molar-refractivity contribution is 5.93. The fourth-order valence-corrected chi connectivity index (χ4v) is 1.60. The van der Waals surface area contributed by atoms with Crippen LogP contribution in [0.5, 0.6) is 11.6 Å². The lowest BCUT2D eigenvalue weighted by molar-refractivity contribution is 0.299. The number of benzene rings is 1. The number of nitrogens with two attached hydrogens (primary N) is 1. The Morgan fingerprint density at radius 3 is 2.58 bits per heavy atom. The van der Waals surface area contributed by atoms with Gasteiger partial charge in [0.05, 0.1) is 0 Å². The van der Waals surface area contributed by atoms with Gasteiger partial charge in [-0.15, -0.1) is 0 Å². The van der Waals surface area contributed by atoms with Crippen LogP contribution in [-0.4, -0.2) is 22.5 Å². The van der Waals surface area contributed by atoms with E-state index in [1.165, 1.54) is 0 Å². The van der Waals surface area contributed by atoms with Crippen molar-refractivity contribution >= 4 is 5.84 Å². The smallest absolute Gasteiger partial charge is 0.219 e. The maximum Gasteiger partial charge on any atom is 0.219 e. The summed E-state index contributed by atoms with van der Waals surface area (Å²) >= 11 is 0. The minimum absolute atomic E-state index is 0.0938. The molecule has 0 aliphatic rings. The van der Waals surface area contributed by atoms with Crippen LogP contribution < -0.4 is 10.5 Å². The number of aromatic nitrogens is 1. The van der Waals surface area contributed by atoms with Crippen LogP contribution in [0.25, 0.3) is 0 Å². The Morgan fingerprint density at radius 2 is 1.95 bits per heavy atom. The third kappa shape index (κ3) is 3.53. The third-order valence-corrected chi connectivity index (χ3v) is 2.55. The number of nitrogens with one attached hydrogen (secondary N) is 1. The Morgan fingerprint density at radius 1 is 1.21 bits per heavy atom. The second kappa shape index (κ2) is 5.97. The fourth-order valence-electron chi connectivity index (χ4n) is 1.60. The number of hydrogen-bond donors (Lipinski definition) is 3. The van der Waals surface area contributed by atoms with E-state index in [1.54, 1.807) is 18.2 Å². The first-order valence-electron chi connectivity index (χ1n) is 5.88. The first kappa shape index (κ1) is 13.0. The molecule has 0 aliphatic carbocycles. The predicted octanol–water partition coefficient (Wildman–Crippen LogP) is 1.69. The van der Waals surface area contributed by atoms with Crippen molar-refractivity contribution in [3.05, 3.63) is 53.7 Å². The molecule has 1 heterocycles. The largest absolute Gasteiger partial charge is 0.439 e. The molecule has 0 aliphatic heterocycles. The van der Waals surface area contributed by atoms with E-state index in [4.69, 9.17) is 21.0 Å². The molecule has 5 heteroatoms. The summed E-state index contributed by atoms with van der Waals surface area (Å²) in [6, 6.07) is 12.5. The normalized spacial score (nSPS) is 10.2. The average molecular weight is 257 g/mol. The molecule has 1 aromatic carbocycles. The van der Waals surface area contributed by atoms with E-state index in [9.17, 15) is 0 Å². The number of hydrogen-bond acceptors (Lipinski definition) is 4. The van der Waals surface area contributed by atoms with Gasteiger partial charge < -0.3 is 15.6 Å². The predicted molar refractivity (Wildman–Crippen MR) is 72.6 cm³/mol. The van der Waals surface area contributed by atoms with Crippen molar-refractivity contribution in [3.63, 3.8) is 0 Å². The van der Waals surface area contributed by atoms with E-state index >= 15 is 0 Å². The van der Waals surface area contributed by atoms with Crippen molar-refractivity contribution in [2.24, 2.45) is 5.73 Å². The highest BCUT2D eigenvalue weighted by Gasteiger charge is 2.02. The molecule has 0 atom stereocenters. The van der Waals surface area contributed by atoms with Gasteiger partial charge in [-0.05, 0) is 30.2 Å². The molecule has 2 rings (SSSR count). The summed E-state index contributed by atoms with van der Waals surface area (Å²) in [7, 11) is 0. The summed E-state index contributed by atoms with van der Waals surface area (Å²) in [5.41, 5.74) is 6.80. The number of aliphatic hydroxyl groups is 1. The van der Waals surface area contributed by atoms with Gasteiger partial charge in [-0.2, -0.15) is 0 Å². The molecule has 0 saturated heterocycles. The monoisotopic (exact) mass is 257 g/mol. The molecule has 0 unspecified atom stereocenters. The number of ether oxygens (including phenoxy) is 1. The lowest BCUT2D eigenvalue weighted by atomic mass is 10.1. The van der Waals surface area contributed by atoms with Gasteiger partial charge in [-0.1, -0.05) is 18.2 Å². The number of nitrogen functional groups attached to an aromatic ring is 1. The molecular weight excluding hydrogens is 242 g/mol. The SMILES string of the molecule is N=C(N)c1cccc(Oc2ccc(CCO)cc2)n1. The summed E-state index contributed by atoms with van der Waals surface area (Å²) in [4.78, 5) is 4.11. The molecule has 19 heavy (non-hydrogen) atoms. The van der Waals surface area contributed by atoms with Crippen LogP contribution in [0, 0.1) is 5.41 Å². The molecule has 1 aromatic heterocycles. The van der Waals surface area contributed by atoms with Crippen LogP contribution in [0.1, 0.15) is 11.3 Å². The first-order valence-corrected chi connectivity index (χ1v) is 5.88. The van der Waals surface area contributed by atoms with Crippen LogP contribution in [0.4, 0.5) is 0 Å². The van der Waals surface area contributed by atoms with Crippen molar-refractivity contribution < 1.29 is 9.84 Å². The molecule has 0 saturated carbocycles. The number of aliphatic hydroxyl groups excluding tert-OH is 1. The molecule has 0 fully saturated rings. The Hall–Kier alpha value is -2.40. The third-order valence-electron chi connectivity index (χ3n) is 2.55. The molecule has 0 spiro atoms. The van der Waals surface area contributed by atoms with Gasteiger partial charge in [0.25, 0.3) is 0 Å². The zero-order chi connectivity index (χ0) is 13.7. The van der Waals surface area contributed by atoms with E-state index in [1.807, 2.05) is 24.3 Å². The second-order valence-corrected chi connectivity index (χ2v) is 3.99. The maximum absolute atomic E-state index is 8.83. The number of rotatable bonds is 5. The van der Waals surface area contributed by atoms with Crippen LogP contribution in [0.3, 0.4) is 0 Å². The molecule has 0 amide bonds. The van der Waals surface area contributed by atoms with E-state index in [2.05, 4.69) is 4.98 Å². The van der Waals surface area contributed by atoms with Crippen LogP contribution >= 0.6 is 0 Å². The number of nitrogens with zero attached hydrogens (tertiary/aromatic N) is 1. The summed E-state index contributed by atoms with van der Waals surface area (Å²) < 4.78 is 5.58. The van der Waals surface area contributed by atoms with Crippen molar-refractivity contribution in [3.8, 4) is 11.6 Å². The zero-order valence-electron chi connectivity index (χ0n) is 10.3. The van der Waals surface area contributed by atoms with Gasteiger partial charge in [-0.25, -0.2) is 4.98 Å². The highest BCUT2D eigenvalue weighted by atomic mass is 16.5. The molecule has 0 radical (unpaired) electrons. The Kier molecular flexibility index (Phi) is 4.10. The van der Waals surface area contributed by atoms with Gasteiger partial charge in [-0.3, -0.25) is 5.41 Å². The van der Waals surface area contributed by atoms with Crippen LogP contribution in [0.15, 0.2) is 42.5 Å². The van der Waals surface area contributed by atoms with E-state index in [-0.39, 0.29) is 12.4 Å². The Bertz CT molecular complexity index is 567. The quantitative estimate of drug-likeness (QED) is 0.561. The zero-order valence-corrected chi connectivity index (χ0v) is 10.3.